The predicted octanol–water partition coefficient (Wildman–Crippen LogP) is 6.26. The van der Waals surface area contributed by atoms with E-state index in [0.29, 0.717) is 0 Å². The maximum Gasteiger partial charge on any atom is 0.0223 e. The van der Waals surface area contributed by atoms with Crippen LogP contribution in [0.1, 0.15) is 71.1 Å². The Labute approximate surface area is 113 Å². The maximum atomic E-state index is 5.63. The van der Waals surface area contributed by atoms with E-state index in [1.807, 2.05) is 0 Å². The van der Waals surface area contributed by atoms with Gasteiger partial charge in [0.15, 0.2) is 0 Å². The van der Waals surface area contributed by atoms with Gasteiger partial charge in [-0.1, -0.05) is 69.8 Å². The Morgan fingerprint density at radius 1 is 0.706 bits per heavy atom. The number of alkyl halides is 1. The third-order valence-electron chi connectivity index (χ3n) is 2.87. The lowest BCUT2D eigenvalue weighted by Gasteiger charge is -2.00. The lowest BCUT2D eigenvalue weighted by atomic mass is 10.1. The van der Waals surface area contributed by atoms with Gasteiger partial charge < -0.3 is 0 Å². The van der Waals surface area contributed by atoms with E-state index < -0.39 is 0 Å². The Kier molecular flexibility index (Phi) is 15.6. The van der Waals surface area contributed by atoms with Gasteiger partial charge >= 0.3 is 0 Å². The number of unbranched alkanes of at least 4 members (excludes halogenated alkanes) is 8. The van der Waals surface area contributed by atoms with Crippen molar-refractivity contribution >= 4 is 11.6 Å². The minimum atomic E-state index is 0.832. The summed E-state index contributed by atoms with van der Waals surface area (Å²) < 4.78 is 0. The van der Waals surface area contributed by atoms with Crippen molar-refractivity contribution < 1.29 is 0 Å². The van der Waals surface area contributed by atoms with Crippen molar-refractivity contribution in [1.29, 1.82) is 0 Å². The van der Waals surface area contributed by atoms with Crippen molar-refractivity contribution in [1.82, 2.24) is 0 Å². The van der Waals surface area contributed by atoms with Crippen LogP contribution in [0.4, 0.5) is 0 Å². The molecule has 0 aromatic rings. The van der Waals surface area contributed by atoms with Crippen LogP contribution in [0.25, 0.3) is 0 Å². The molecule has 0 nitrogen and oxygen atoms in total. The van der Waals surface area contributed by atoms with Crippen LogP contribution in [0.2, 0.25) is 0 Å². The fourth-order valence-electron chi connectivity index (χ4n) is 1.81. The lowest BCUT2D eigenvalue weighted by molar-refractivity contribution is 0.578. The van der Waals surface area contributed by atoms with Gasteiger partial charge in [0.25, 0.3) is 0 Å². The highest BCUT2D eigenvalue weighted by atomic mass is 35.5. The van der Waals surface area contributed by atoms with Crippen molar-refractivity contribution in [2.24, 2.45) is 0 Å². The van der Waals surface area contributed by atoms with Crippen LogP contribution < -0.4 is 0 Å². The fourth-order valence-corrected chi connectivity index (χ4v) is 2.00. The van der Waals surface area contributed by atoms with Crippen molar-refractivity contribution in [2.45, 2.75) is 71.1 Å². The highest BCUT2D eigenvalue weighted by Gasteiger charge is 1.91. The molecule has 0 aliphatic rings. The summed E-state index contributed by atoms with van der Waals surface area (Å²) in [6.07, 6.45) is 22.0. The van der Waals surface area contributed by atoms with E-state index in [4.69, 9.17) is 11.6 Å². The first kappa shape index (κ1) is 16.8. The SMILES string of the molecule is CC/C=C/C=C/CCCCCCCCCCCl. The molecule has 0 aliphatic carbocycles. The third kappa shape index (κ3) is 15.8. The molecule has 100 valence electrons. The minimum Gasteiger partial charge on any atom is -0.127 e. The van der Waals surface area contributed by atoms with Gasteiger partial charge in [0.2, 0.25) is 0 Å². The largest absolute Gasteiger partial charge is 0.127 e. The van der Waals surface area contributed by atoms with E-state index in [9.17, 15) is 0 Å². The molecule has 0 fully saturated rings. The Balaban J connectivity index is 3.03. The molecular weight excluding hydrogens is 228 g/mol. The normalized spacial score (nSPS) is 11.9. The Morgan fingerprint density at radius 3 is 1.82 bits per heavy atom. The number of hydrogen-bond donors (Lipinski definition) is 0. The molecule has 0 bridgehead atoms. The van der Waals surface area contributed by atoms with E-state index in [2.05, 4.69) is 31.2 Å². The van der Waals surface area contributed by atoms with Crippen LogP contribution in [-0.4, -0.2) is 5.88 Å². The van der Waals surface area contributed by atoms with Crippen LogP contribution in [0.5, 0.6) is 0 Å². The monoisotopic (exact) mass is 256 g/mol. The van der Waals surface area contributed by atoms with Crippen molar-refractivity contribution in [3.63, 3.8) is 0 Å². The maximum absolute atomic E-state index is 5.63. The summed E-state index contributed by atoms with van der Waals surface area (Å²) in [6.45, 7) is 2.16. The molecule has 0 atom stereocenters. The van der Waals surface area contributed by atoms with E-state index in [0.717, 1.165) is 12.3 Å². The van der Waals surface area contributed by atoms with Gasteiger partial charge in [-0.05, 0) is 25.7 Å². The molecule has 0 saturated carbocycles. The summed E-state index contributed by atoms with van der Waals surface area (Å²) in [4.78, 5) is 0. The van der Waals surface area contributed by atoms with Crippen molar-refractivity contribution in [3.8, 4) is 0 Å². The van der Waals surface area contributed by atoms with Gasteiger partial charge in [-0.15, -0.1) is 11.6 Å². The molecule has 0 aromatic carbocycles. The summed E-state index contributed by atoms with van der Waals surface area (Å²) in [6, 6.07) is 0. The fraction of sp³-hybridized carbons (Fsp3) is 0.750. The Bertz CT molecular complexity index is 182. The molecule has 0 amide bonds. The smallest absolute Gasteiger partial charge is 0.0223 e. The summed E-state index contributed by atoms with van der Waals surface area (Å²) in [5.41, 5.74) is 0. The molecule has 0 N–H and O–H groups in total. The second kappa shape index (κ2) is 15.8. The second-order valence-corrected chi connectivity index (χ2v) is 4.95. The topological polar surface area (TPSA) is 0 Å². The van der Waals surface area contributed by atoms with Crippen LogP contribution in [-0.2, 0) is 0 Å². The second-order valence-electron chi connectivity index (χ2n) is 4.57. The molecular formula is C16H29Cl. The first-order valence-corrected chi connectivity index (χ1v) is 7.83. The van der Waals surface area contributed by atoms with Gasteiger partial charge in [-0.2, -0.15) is 0 Å². The first-order valence-electron chi connectivity index (χ1n) is 7.29. The van der Waals surface area contributed by atoms with Crippen LogP contribution in [0.15, 0.2) is 24.3 Å². The molecule has 0 radical (unpaired) electrons. The highest BCUT2D eigenvalue weighted by Crippen LogP contribution is 2.10. The van der Waals surface area contributed by atoms with E-state index in [1.54, 1.807) is 0 Å². The summed E-state index contributed by atoms with van der Waals surface area (Å²) in [7, 11) is 0. The molecule has 0 rings (SSSR count). The molecule has 0 spiro atoms. The van der Waals surface area contributed by atoms with E-state index in [1.165, 1.54) is 57.8 Å². The third-order valence-corrected chi connectivity index (χ3v) is 3.14. The predicted molar refractivity (Wildman–Crippen MR) is 80.8 cm³/mol. The quantitative estimate of drug-likeness (QED) is 0.220. The number of halogens is 1. The number of hydrogen-bond acceptors (Lipinski definition) is 0. The average molecular weight is 257 g/mol. The zero-order valence-corrected chi connectivity index (χ0v) is 12.2. The number of allylic oxidation sites excluding steroid dienone is 4. The summed E-state index contributed by atoms with van der Waals surface area (Å²) in [5.74, 6) is 0.832. The Morgan fingerprint density at radius 2 is 1.24 bits per heavy atom. The van der Waals surface area contributed by atoms with E-state index in [-0.39, 0.29) is 0 Å². The number of rotatable bonds is 12. The summed E-state index contributed by atoms with van der Waals surface area (Å²) in [5, 5.41) is 0. The van der Waals surface area contributed by atoms with Crippen LogP contribution in [0.3, 0.4) is 0 Å². The molecule has 0 saturated heterocycles. The Hall–Kier alpha value is -0.230. The molecule has 0 aliphatic heterocycles. The molecule has 0 aromatic heterocycles. The zero-order chi connectivity index (χ0) is 12.6. The molecule has 0 unspecified atom stereocenters. The van der Waals surface area contributed by atoms with Crippen LogP contribution >= 0.6 is 11.6 Å². The summed E-state index contributed by atoms with van der Waals surface area (Å²) >= 11 is 5.63. The lowest BCUT2D eigenvalue weighted by Crippen LogP contribution is -1.81. The van der Waals surface area contributed by atoms with Crippen molar-refractivity contribution in [3.05, 3.63) is 24.3 Å². The van der Waals surface area contributed by atoms with Gasteiger partial charge in [0.1, 0.15) is 0 Å². The zero-order valence-electron chi connectivity index (χ0n) is 11.5. The highest BCUT2D eigenvalue weighted by molar-refractivity contribution is 6.17. The average Bonchev–Trinajstić information content (AvgIpc) is 2.35. The molecule has 0 heterocycles. The van der Waals surface area contributed by atoms with Gasteiger partial charge in [0.05, 0.1) is 0 Å². The molecule has 17 heavy (non-hydrogen) atoms. The minimum absolute atomic E-state index is 0.832. The van der Waals surface area contributed by atoms with Crippen LogP contribution in [0, 0.1) is 0 Å². The first-order chi connectivity index (χ1) is 8.41. The van der Waals surface area contributed by atoms with Crippen molar-refractivity contribution in [2.75, 3.05) is 5.88 Å². The van der Waals surface area contributed by atoms with Gasteiger partial charge in [-0.25, -0.2) is 0 Å². The molecule has 1 heteroatoms. The van der Waals surface area contributed by atoms with Gasteiger partial charge in [0, 0.05) is 5.88 Å². The standard InChI is InChI=1S/C16H29Cl/c1-2-3-4-5-6-7-8-9-10-11-12-13-14-15-16-17/h3-6H,2,7-16H2,1H3/b4-3+,6-5+. The van der Waals surface area contributed by atoms with Gasteiger partial charge in [-0.3, -0.25) is 0 Å². The van der Waals surface area contributed by atoms with E-state index >= 15 is 0 Å².